The van der Waals surface area contributed by atoms with Crippen molar-refractivity contribution >= 4 is 5.97 Å². The van der Waals surface area contributed by atoms with Crippen molar-refractivity contribution in [1.29, 1.82) is 0 Å². The van der Waals surface area contributed by atoms with Crippen LogP contribution in [0.3, 0.4) is 0 Å². The number of rotatable bonds is 3. The summed E-state index contributed by atoms with van der Waals surface area (Å²) in [6, 6.07) is -0.699. The van der Waals surface area contributed by atoms with Gasteiger partial charge >= 0.3 is 5.97 Å². The molecule has 9 heavy (non-hydrogen) atoms. The fourth-order valence-corrected chi connectivity index (χ4v) is 0.497. The quantitative estimate of drug-likeness (QED) is 0.434. The molecular weight excluding hydrogens is 120 g/mol. The van der Waals surface area contributed by atoms with Crippen LogP contribution in [-0.4, -0.2) is 17.1 Å². The first-order chi connectivity index (χ1) is 4.09. The van der Waals surface area contributed by atoms with Crippen LogP contribution in [0.4, 0.5) is 0 Å². The minimum absolute atomic E-state index is 0.0718. The summed E-state index contributed by atoms with van der Waals surface area (Å²) < 4.78 is 0. The Morgan fingerprint density at radius 1 is 1.78 bits per heavy atom. The van der Waals surface area contributed by atoms with Crippen LogP contribution in [0.5, 0.6) is 0 Å². The molecule has 0 heterocycles. The van der Waals surface area contributed by atoms with Gasteiger partial charge in [0.15, 0.2) is 0 Å². The Morgan fingerprint density at radius 2 is 2.22 bits per heavy atom. The molecule has 0 saturated carbocycles. The Morgan fingerprint density at radius 3 is 2.33 bits per heavy atom. The molecule has 0 aromatic heterocycles. The zero-order valence-electron chi connectivity index (χ0n) is 5.79. The van der Waals surface area contributed by atoms with Crippen LogP contribution in [0.25, 0.3) is 0 Å². The SMILES string of the molecule is CC[C@H]([13CH3])[C@H]([15NH2])C(=O)O. The summed E-state index contributed by atoms with van der Waals surface area (Å²) >= 11 is 0. The van der Waals surface area contributed by atoms with E-state index in [1.165, 1.54) is 0 Å². The maximum atomic E-state index is 10.2. The van der Waals surface area contributed by atoms with Gasteiger partial charge < -0.3 is 10.8 Å². The van der Waals surface area contributed by atoms with Crippen LogP contribution in [0.2, 0.25) is 0 Å². The number of carboxylic acids is 1. The van der Waals surface area contributed by atoms with Crippen LogP contribution in [0.1, 0.15) is 20.3 Å². The summed E-state index contributed by atoms with van der Waals surface area (Å²) in [7, 11) is 0. The number of aliphatic carboxylic acids is 1. The molecule has 0 spiro atoms. The van der Waals surface area contributed by atoms with Gasteiger partial charge in [0.05, 0.1) is 0 Å². The maximum Gasteiger partial charge on any atom is 0.320 e. The zero-order valence-corrected chi connectivity index (χ0v) is 5.79. The fourth-order valence-electron chi connectivity index (χ4n) is 0.497. The van der Waals surface area contributed by atoms with E-state index in [2.05, 4.69) is 0 Å². The van der Waals surface area contributed by atoms with Crippen molar-refractivity contribution in [3.8, 4) is 0 Å². The molecule has 0 aliphatic heterocycles. The molecule has 3 heteroatoms. The second kappa shape index (κ2) is 3.45. The van der Waals surface area contributed by atoms with Gasteiger partial charge in [0, 0.05) is 0 Å². The highest BCUT2D eigenvalue weighted by molar-refractivity contribution is 5.73. The normalized spacial score (nSPS) is 16.8. The highest BCUT2D eigenvalue weighted by atomic mass is 16.4. The molecule has 0 saturated heterocycles. The summed E-state index contributed by atoms with van der Waals surface area (Å²) in [4.78, 5) is 10.2. The van der Waals surface area contributed by atoms with E-state index >= 15 is 0 Å². The Kier molecular flexibility index (Phi) is 3.24. The second-order valence-corrected chi connectivity index (χ2v) is 2.25. The third-order valence-electron chi connectivity index (χ3n) is 1.54. The summed E-state index contributed by atoms with van der Waals surface area (Å²) in [5, 5.41) is 8.36. The lowest BCUT2D eigenvalue weighted by atomic mass is 10.1. The van der Waals surface area contributed by atoms with Crippen molar-refractivity contribution in [2.45, 2.75) is 26.3 Å². The van der Waals surface area contributed by atoms with Crippen molar-refractivity contribution in [3.05, 3.63) is 0 Å². The second-order valence-electron chi connectivity index (χ2n) is 2.25. The summed E-state index contributed by atoms with van der Waals surface area (Å²) in [5.41, 5.74) is 5.27. The predicted octanol–water partition coefficient (Wildman–Crippen LogP) is 0.444. The minimum Gasteiger partial charge on any atom is -0.480 e. The third-order valence-corrected chi connectivity index (χ3v) is 1.54. The molecule has 0 aliphatic carbocycles. The molecule has 0 aromatic rings. The molecule has 0 rings (SSSR count). The highest BCUT2D eigenvalue weighted by Crippen LogP contribution is 2.04. The average Bonchev–Trinajstić information content (AvgIpc) is 1.84. The Hall–Kier alpha value is -0.570. The first-order valence-electron chi connectivity index (χ1n) is 3.08. The van der Waals surface area contributed by atoms with Crippen molar-refractivity contribution in [2.75, 3.05) is 0 Å². The van der Waals surface area contributed by atoms with E-state index in [-0.39, 0.29) is 5.92 Å². The van der Waals surface area contributed by atoms with Gasteiger partial charge in [0.1, 0.15) is 6.04 Å². The fraction of sp³-hybridized carbons (Fsp3) is 0.833. The minimum atomic E-state index is -0.913. The van der Waals surface area contributed by atoms with E-state index in [4.69, 9.17) is 10.8 Å². The Labute approximate surface area is 54.9 Å². The van der Waals surface area contributed by atoms with Gasteiger partial charge in [-0.3, -0.25) is 4.79 Å². The van der Waals surface area contributed by atoms with E-state index in [1.807, 2.05) is 13.8 Å². The zero-order chi connectivity index (χ0) is 7.44. The summed E-state index contributed by atoms with van der Waals surface area (Å²) in [6.07, 6.45) is 0.813. The molecule has 54 valence electrons. The van der Waals surface area contributed by atoms with Crippen LogP contribution >= 0.6 is 0 Å². The lowest BCUT2D eigenvalue weighted by Gasteiger charge is -2.11. The molecule has 0 aromatic carbocycles. The number of carboxylic acid groups (broad SMARTS) is 1. The van der Waals surface area contributed by atoms with Gasteiger partial charge in [-0.2, -0.15) is 0 Å². The van der Waals surface area contributed by atoms with E-state index in [0.717, 1.165) is 6.42 Å². The highest BCUT2D eigenvalue weighted by Gasteiger charge is 2.17. The Bertz CT molecular complexity index is 103. The lowest BCUT2D eigenvalue weighted by Crippen LogP contribution is -2.36. The first-order valence-corrected chi connectivity index (χ1v) is 3.08. The smallest absolute Gasteiger partial charge is 0.320 e. The number of nitrogens with two attached hydrogens (primary N) is 1. The number of hydrogen-bond donors (Lipinski definition) is 2. The van der Waals surface area contributed by atoms with E-state index < -0.39 is 12.0 Å². The van der Waals surface area contributed by atoms with Crippen LogP contribution in [-0.2, 0) is 4.79 Å². The average molecular weight is 133 g/mol. The molecule has 0 radical (unpaired) electrons. The maximum absolute atomic E-state index is 10.2. The van der Waals surface area contributed by atoms with Gasteiger partial charge in [-0.25, -0.2) is 0 Å². The molecule has 3 N–H and O–H groups in total. The number of hydrogen-bond acceptors (Lipinski definition) is 2. The van der Waals surface area contributed by atoms with Crippen LogP contribution in [0, 0.1) is 5.92 Å². The Balaban J connectivity index is 3.72. The van der Waals surface area contributed by atoms with Gasteiger partial charge in [0.2, 0.25) is 0 Å². The predicted molar refractivity (Wildman–Crippen MR) is 35.1 cm³/mol. The summed E-state index contributed by atoms with van der Waals surface area (Å²) in [5.74, 6) is -0.841. The monoisotopic (exact) mass is 133 g/mol. The topological polar surface area (TPSA) is 63.3 Å². The summed E-state index contributed by atoms with van der Waals surface area (Å²) in [6.45, 7) is 3.76. The number of carbonyl (C=O) groups is 1. The first kappa shape index (κ1) is 8.43. The van der Waals surface area contributed by atoms with Crippen molar-refractivity contribution in [3.63, 3.8) is 0 Å². The molecular formula is C6H13NO2. The molecule has 2 atom stereocenters. The van der Waals surface area contributed by atoms with Crippen LogP contribution < -0.4 is 5.73 Å². The molecule has 3 nitrogen and oxygen atoms in total. The standard InChI is InChI=1S/C6H13NO2/c1-3-4(2)5(7)6(8)9/h4-5H,3,7H2,1-2H3,(H,8,9)/t4-,5-/m0/s1/i2+1,7+1. The molecule has 0 fully saturated rings. The van der Waals surface area contributed by atoms with Crippen molar-refractivity contribution in [1.82, 2.24) is 0 Å². The van der Waals surface area contributed by atoms with E-state index in [0.29, 0.717) is 0 Å². The van der Waals surface area contributed by atoms with Gasteiger partial charge in [0.25, 0.3) is 0 Å². The van der Waals surface area contributed by atoms with Crippen molar-refractivity contribution in [2.24, 2.45) is 11.7 Å². The van der Waals surface area contributed by atoms with Crippen molar-refractivity contribution < 1.29 is 9.90 Å². The van der Waals surface area contributed by atoms with E-state index in [1.54, 1.807) is 0 Å². The van der Waals surface area contributed by atoms with Gasteiger partial charge in [-0.1, -0.05) is 20.3 Å². The largest absolute Gasteiger partial charge is 0.480 e. The third kappa shape index (κ3) is 2.46. The van der Waals surface area contributed by atoms with Gasteiger partial charge in [-0.05, 0) is 5.92 Å². The molecule has 0 unspecified atom stereocenters. The molecule has 0 amide bonds. The lowest BCUT2D eigenvalue weighted by molar-refractivity contribution is -0.139. The van der Waals surface area contributed by atoms with Gasteiger partial charge in [-0.15, -0.1) is 0 Å². The molecule has 0 bridgehead atoms. The van der Waals surface area contributed by atoms with Crippen LogP contribution in [0.15, 0.2) is 0 Å². The van der Waals surface area contributed by atoms with E-state index in [9.17, 15) is 4.79 Å². The molecule has 0 aliphatic rings.